The summed E-state index contributed by atoms with van der Waals surface area (Å²) in [7, 11) is -1.18. The topological polar surface area (TPSA) is 82.1 Å². The summed E-state index contributed by atoms with van der Waals surface area (Å²) in [6.07, 6.45) is 0. The molecule has 2 rings (SSSR count). The Bertz CT molecular complexity index is 864. The summed E-state index contributed by atoms with van der Waals surface area (Å²) < 4.78 is 42.4. The first-order valence-electron chi connectivity index (χ1n) is 8.27. The molecule has 0 saturated carbocycles. The van der Waals surface area contributed by atoms with Crippen LogP contribution in [0.1, 0.15) is 5.56 Å². The maximum absolute atomic E-state index is 13.2. The van der Waals surface area contributed by atoms with Crippen molar-refractivity contribution in [2.24, 2.45) is 0 Å². The highest BCUT2D eigenvalue weighted by molar-refractivity contribution is 7.92. The number of carbonyl (C=O) groups is 1. The fraction of sp³-hybridized carbons (Fsp3) is 0.316. The zero-order chi connectivity index (χ0) is 19.9. The van der Waals surface area contributed by atoms with Crippen LogP contribution in [0.15, 0.2) is 53.4 Å². The van der Waals surface area contributed by atoms with E-state index < -0.39 is 22.5 Å². The molecule has 27 heavy (non-hydrogen) atoms. The van der Waals surface area contributed by atoms with Gasteiger partial charge in [-0.25, -0.2) is 8.42 Å². The average molecular weight is 393 g/mol. The number of aryl methyl sites for hydroxylation is 1. The average Bonchev–Trinajstić information content (AvgIpc) is 2.67. The first kappa shape index (κ1) is 20.7. The van der Waals surface area contributed by atoms with Crippen molar-refractivity contribution in [1.82, 2.24) is 0 Å². The van der Waals surface area contributed by atoms with Crippen molar-refractivity contribution in [3.63, 3.8) is 0 Å². The van der Waals surface area contributed by atoms with Gasteiger partial charge in [-0.15, -0.1) is 0 Å². The monoisotopic (exact) mass is 393 g/mol. The van der Waals surface area contributed by atoms with Gasteiger partial charge in [0.05, 0.1) is 24.3 Å². The molecule has 0 spiro atoms. The Morgan fingerprint density at radius 1 is 1.00 bits per heavy atom. The van der Waals surface area contributed by atoms with E-state index in [2.05, 4.69) is 4.74 Å². The number of sulfonamides is 1. The van der Waals surface area contributed by atoms with E-state index in [1.54, 1.807) is 50.4 Å². The lowest BCUT2D eigenvalue weighted by molar-refractivity contribution is -0.138. The molecule has 0 radical (unpaired) electrons. The minimum absolute atomic E-state index is 0.0498. The van der Waals surface area contributed by atoms with Crippen LogP contribution >= 0.6 is 0 Å². The number of rotatable bonds is 9. The second kappa shape index (κ2) is 9.38. The Kier molecular flexibility index (Phi) is 7.20. The molecule has 0 saturated heterocycles. The van der Waals surface area contributed by atoms with E-state index in [0.29, 0.717) is 24.7 Å². The number of ether oxygens (including phenoxy) is 3. The van der Waals surface area contributed by atoms with Crippen LogP contribution in [-0.4, -0.2) is 48.4 Å². The predicted octanol–water partition coefficient (Wildman–Crippen LogP) is 2.39. The number of para-hydroxylation sites is 1. The van der Waals surface area contributed by atoms with Crippen LogP contribution in [-0.2, 0) is 24.3 Å². The molecule has 2 aromatic rings. The number of anilines is 1. The van der Waals surface area contributed by atoms with Crippen LogP contribution in [0.3, 0.4) is 0 Å². The van der Waals surface area contributed by atoms with Crippen LogP contribution in [0.2, 0.25) is 0 Å². The van der Waals surface area contributed by atoms with Crippen molar-refractivity contribution >= 4 is 21.7 Å². The van der Waals surface area contributed by atoms with Crippen LogP contribution in [0.25, 0.3) is 0 Å². The molecule has 0 fully saturated rings. The summed E-state index contributed by atoms with van der Waals surface area (Å²) in [4.78, 5) is 11.9. The van der Waals surface area contributed by atoms with E-state index >= 15 is 0 Å². The largest absolute Gasteiger partial charge is 0.491 e. The van der Waals surface area contributed by atoms with Crippen LogP contribution in [0.4, 0.5) is 5.69 Å². The maximum Gasteiger partial charge on any atom is 0.326 e. The van der Waals surface area contributed by atoms with Gasteiger partial charge in [0.25, 0.3) is 10.0 Å². The molecule has 2 aromatic carbocycles. The molecular formula is C19H23NO6S. The minimum Gasteiger partial charge on any atom is -0.491 e. The SMILES string of the molecule is COCCOc1ccc(S(=O)(=O)N(CC(=O)OC)c2ccccc2C)cc1. The normalized spacial score (nSPS) is 11.1. The number of methoxy groups -OCH3 is 2. The lowest BCUT2D eigenvalue weighted by atomic mass is 10.2. The van der Waals surface area contributed by atoms with E-state index in [1.165, 1.54) is 19.2 Å². The van der Waals surface area contributed by atoms with Crippen LogP contribution in [0, 0.1) is 6.92 Å². The van der Waals surface area contributed by atoms with E-state index in [9.17, 15) is 13.2 Å². The number of esters is 1. The van der Waals surface area contributed by atoms with Crippen molar-refractivity contribution in [3.8, 4) is 5.75 Å². The first-order valence-corrected chi connectivity index (χ1v) is 9.71. The van der Waals surface area contributed by atoms with Crippen molar-refractivity contribution < 1.29 is 27.4 Å². The maximum atomic E-state index is 13.2. The number of hydrogen-bond acceptors (Lipinski definition) is 6. The predicted molar refractivity (Wildman–Crippen MR) is 102 cm³/mol. The Morgan fingerprint density at radius 3 is 2.26 bits per heavy atom. The number of benzene rings is 2. The zero-order valence-corrected chi connectivity index (χ0v) is 16.4. The van der Waals surface area contributed by atoms with E-state index in [0.717, 1.165) is 9.87 Å². The fourth-order valence-corrected chi connectivity index (χ4v) is 3.88. The third kappa shape index (κ3) is 5.21. The fourth-order valence-electron chi connectivity index (χ4n) is 2.40. The molecule has 0 N–H and O–H groups in total. The van der Waals surface area contributed by atoms with Gasteiger partial charge in [-0.2, -0.15) is 0 Å². The molecule has 0 aliphatic rings. The van der Waals surface area contributed by atoms with Gasteiger partial charge in [0.1, 0.15) is 18.9 Å². The lowest BCUT2D eigenvalue weighted by Crippen LogP contribution is -2.36. The van der Waals surface area contributed by atoms with Crippen molar-refractivity contribution in [2.75, 3.05) is 38.3 Å². The van der Waals surface area contributed by atoms with Crippen molar-refractivity contribution in [3.05, 3.63) is 54.1 Å². The minimum atomic E-state index is -3.97. The first-order chi connectivity index (χ1) is 12.9. The number of nitrogens with zero attached hydrogens (tertiary/aromatic N) is 1. The summed E-state index contributed by atoms with van der Waals surface area (Å²) in [6.45, 7) is 2.15. The summed E-state index contributed by atoms with van der Waals surface area (Å²) in [6, 6.07) is 13.0. The van der Waals surface area contributed by atoms with Gasteiger partial charge in [-0.3, -0.25) is 9.10 Å². The van der Waals surface area contributed by atoms with Gasteiger partial charge >= 0.3 is 5.97 Å². The van der Waals surface area contributed by atoms with E-state index in [-0.39, 0.29) is 4.90 Å². The van der Waals surface area contributed by atoms with Gasteiger partial charge < -0.3 is 14.2 Å². The second-order valence-electron chi connectivity index (χ2n) is 5.69. The quantitative estimate of drug-likeness (QED) is 0.481. The Morgan fingerprint density at radius 2 is 1.67 bits per heavy atom. The second-order valence-corrected chi connectivity index (χ2v) is 7.55. The standard InChI is InChI=1S/C19H23NO6S/c1-15-6-4-5-7-18(15)20(14-19(21)25-3)27(22,23)17-10-8-16(9-11-17)26-13-12-24-2/h4-11H,12-14H2,1-3H3. The van der Waals surface area contributed by atoms with Crippen molar-refractivity contribution in [1.29, 1.82) is 0 Å². The van der Waals surface area contributed by atoms with Gasteiger partial charge in [0.15, 0.2) is 0 Å². The van der Waals surface area contributed by atoms with Crippen LogP contribution < -0.4 is 9.04 Å². The number of carbonyl (C=O) groups excluding carboxylic acids is 1. The third-order valence-electron chi connectivity index (χ3n) is 3.85. The molecule has 0 heterocycles. The summed E-state index contributed by atoms with van der Waals surface area (Å²) in [5, 5.41) is 0. The highest BCUT2D eigenvalue weighted by Gasteiger charge is 2.28. The lowest BCUT2D eigenvalue weighted by Gasteiger charge is -2.25. The van der Waals surface area contributed by atoms with Gasteiger partial charge in [0.2, 0.25) is 0 Å². The van der Waals surface area contributed by atoms with Crippen molar-refractivity contribution in [2.45, 2.75) is 11.8 Å². The molecule has 0 aromatic heterocycles. The highest BCUT2D eigenvalue weighted by Crippen LogP contribution is 2.27. The molecule has 0 unspecified atom stereocenters. The molecule has 0 bridgehead atoms. The highest BCUT2D eigenvalue weighted by atomic mass is 32.2. The molecule has 0 aliphatic heterocycles. The Hall–Kier alpha value is -2.58. The molecule has 0 aliphatic carbocycles. The van der Waals surface area contributed by atoms with Gasteiger partial charge in [-0.1, -0.05) is 18.2 Å². The molecule has 0 atom stereocenters. The molecule has 0 amide bonds. The molecule has 8 heteroatoms. The van der Waals surface area contributed by atoms with E-state index in [1.807, 2.05) is 0 Å². The molecular weight excluding hydrogens is 370 g/mol. The van der Waals surface area contributed by atoms with E-state index in [4.69, 9.17) is 9.47 Å². The summed E-state index contributed by atoms with van der Waals surface area (Å²) in [5.41, 5.74) is 1.15. The molecule has 7 nitrogen and oxygen atoms in total. The molecule has 146 valence electrons. The Balaban J connectivity index is 2.36. The van der Waals surface area contributed by atoms with Gasteiger partial charge in [0, 0.05) is 7.11 Å². The number of hydrogen-bond donors (Lipinski definition) is 0. The zero-order valence-electron chi connectivity index (χ0n) is 15.5. The summed E-state index contributed by atoms with van der Waals surface area (Å²) in [5.74, 6) is -0.122. The third-order valence-corrected chi connectivity index (χ3v) is 5.63. The summed E-state index contributed by atoms with van der Waals surface area (Å²) >= 11 is 0. The van der Waals surface area contributed by atoms with Crippen LogP contribution in [0.5, 0.6) is 5.75 Å². The van der Waals surface area contributed by atoms with Gasteiger partial charge in [-0.05, 0) is 42.8 Å². The Labute approximate surface area is 159 Å². The smallest absolute Gasteiger partial charge is 0.326 e.